The number of hydrogen-bond donors (Lipinski definition) is 0. The molecule has 0 heterocycles. The fourth-order valence-electron chi connectivity index (χ4n) is 4.15. The molecule has 0 aromatic heterocycles. The third kappa shape index (κ3) is 9.22. The Balaban J connectivity index is 1.40. The number of benzene rings is 2. The molecule has 6 nitrogen and oxygen atoms in total. The topological polar surface area (TPSA) is 78.9 Å². The molecule has 0 radical (unpaired) electrons. The average molecular weight is 503 g/mol. The Labute approximate surface area is 218 Å². The average Bonchev–Trinajstić information content (AvgIpc) is 2.91. The van der Waals surface area contributed by atoms with E-state index < -0.39 is 5.97 Å². The summed E-state index contributed by atoms with van der Waals surface area (Å²) in [5.41, 5.74) is 3.50. The predicted molar refractivity (Wildman–Crippen MR) is 144 cm³/mol. The molecule has 0 unspecified atom stereocenters. The SMILES string of the molecule is C=C(C)C(=O)CCOC(=O)/C=C/c1ccc(C2CCC(OC(=O)/C=C/c3ccc(OC)cc3)CC2)cc1. The molecule has 0 aliphatic heterocycles. The van der Waals surface area contributed by atoms with Crippen molar-refractivity contribution in [2.75, 3.05) is 13.7 Å². The summed E-state index contributed by atoms with van der Waals surface area (Å²) in [5, 5.41) is 0. The van der Waals surface area contributed by atoms with Crippen LogP contribution in [-0.4, -0.2) is 37.5 Å². The van der Waals surface area contributed by atoms with Crippen molar-refractivity contribution in [1.82, 2.24) is 0 Å². The minimum atomic E-state index is -0.481. The Bertz CT molecular complexity index is 1130. The second-order valence-corrected chi connectivity index (χ2v) is 9.14. The van der Waals surface area contributed by atoms with Gasteiger partial charge in [-0.1, -0.05) is 43.0 Å². The molecule has 194 valence electrons. The van der Waals surface area contributed by atoms with Gasteiger partial charge in [-0.25, -0.2) is 9.59 Å². The lowest BCUT2D eigenvalue weighted by Crippen LogP contribution is -2.23. The molecule has 37 heavy (non-hydrogen) atoms. The highest BCUT2D eigenvalue weighted by atomic mass is 16.5. The van der Waals surface area contributed by atoms with Crippen molar-refractivity contribution in [3.8, 4) is 5.75 Å². The lowest BCUT2D eigenvalue weighted by molar-refractivity contribution is -0.144. The van der Waals surface area contributed by atoms with Gasteiger partial charge in [0, 0.05) is 18.6 Å². The zero-order valence-electron chi connectivity index (χ0n) is 21.5. The first-order valence-corrected chi connectivity index (χ1v) is 12.5. The summed E-state index contributed by atoms with van der Waals surface area (Å²) in [7, 11) is 1.62. The zero-order chi connectivity index (χ0) is 26.6. The molecule has 2 aromatic rings. The molecule has 1 aliphatic rings. The summed E-state index contributed by atoms with van der Waals surface area (Å²) in [5.74, 6) is 0.272. The monoisotopic (exact) mass is 502 g/mol. The first-order chi connectivity index (χ1) is 17.8. The van der Waals surface area contributed by atoms with Crippen molar-refractivity contribution in [2.24, 2.45) is 0 Å². The van der Waals surface area contributed by atoms with E-state index in [4.69, 9.17) is 14.2 Å². The van der Waals surface area contributed by atoms with Crippen LogP contribution in [0.5, 0.6) is 5.75 Å². The zero-order valence-corrected chi connectivity index (χ0v) is 21.5. The lowest BCUT2D eigenvalue weighted by Gasteiger charge is -2.28. The van der Waals surface area contributed by atoms with E-state index in [1.165, 1.54) is 17.7 Å². The van der Waals surface area contributed by atoms with Crippen LogP contribution in [0.1, 0.15) is 61.6 Å². The van der Waals surface area contributed by atoms with Gasteiger partial charge in [0.15, 0.2) is 5.78 Å². The summed E-state index contributed by atoms with van der Waals surface area (Å²) >= 11 is 0. The molecule has 0 spiro atoms. The van der Waals surface area contributed by atoms with Crippen LogP contribution >= 0.6 is 0 Å². The molecule has 0 saturated heterocycles. The van der Waals surface area contributed by atoms with Crippen LogP contribution in [0.15, 0.2) is 72.8 Å². The van der Waals surface area contributed by atoms with Crippen LogP contribution in [0.25, 0.3) is 12.2 Å². The van der Waals surface area contributed by atoms with Crippen LogP contribution in [-0.2, 0) is 23.9 Å². The minimum absolute atomic E-state index is 0.0464. The molecule has 1 aliphatic carbocycles. The standard InChI is InChI=1S/C31H34O6/c1-22(2)29(32)20-21-36-30(33)18-8-23-4-10-25(11-5-23)26-12-16-28(17-13-26)37-31(34)19-9-24-6-14-27(35-3)15-7-24/h4-11,14-15,18-19,26,28H,1,12-13,16-17,20-21H2,2-3H3/b18-8+,19-9+. The number of ether oxygens (including phenoxy) is 3. The van der Waals surface area contributed by atoms with Crippen LogP contribution in [0, 0.1) is 0 Å². The van der Waals surface area contributed by atoms with Crippen molar-refractivity contribution in [2.45, 2.75) is 51.0 Å². The Morgan fingerprint density at radius 2 is 1.43 bits per heavy atom. The van der Waals surface area contributed by atoms with Gasteiger partial charge in [-0.2, -0.15) is 0 Å². The molecule has 0 atom stereocenters. The first-order valence-electron chi connectivity index (χ1n) is 12.5. The van der Waals surface area contributed by atoms with Gasteiger partial charge in [0.25, 0.3) is 0 Å². The lowest BCUT2D eigenvalue weighted by atomic mass is 9.82. The normalized spacial score (nSPS) is 17.5. The van der Waals surface area contributed by atoms with Crippen molar-refractivity contribution in [3.05, 3.63) is 89.5 Å². The summed E-state index contributed by atoms with van der Waals surface area (Å²) < 4.78 is 15.8. The Morgan fingerprint density at radius 3 is 2.00 bits per heavy atom. The third-order valence-electron chi connectivity index (χ3n) is 6.35. The predicted octanol–water partition coefficient (Wildman–Crippen LogP) is 6.07. The van der Waals surface area contributed by atoms with Crippen LogP contribution < -0.4 is 4.74 Å². The van der Waals surface area contributed by atoms with E-state index in [1.807, 2.05) is 36.4 Å². The number of esters is 2. The molecule has 2 aromatic carbocycles. The van der Waals surface area contributed by atoms with Gasteiger partial charge in [0.1, 0.15) is 11.9 Å². The number of methoxy groups -OCH3 is 1. The van der Waals surface area contributed by atoms with Gasteiger partial charge >= 0.3 is 11.9 Å². The number of ketones is 1. The van der Waals surface area contributed by atoms with Crippen molar-refractivity contribution in [3.63, 3.8) is 0 Å². The highest BCUT2D eigenvalue weighted by molar-refractivity contribution is 5.94. The molecular formula is C31H34O6. The first kappa shape index (κ1) is 27.7. The summed E-state index contributed by atoms with van der Waals surface area (Å²) in [6.45, 7) is 5.26. The van der Waals surface area contributed by atoms with E-state index in [0.717, 1.165) is 42.6 Å². The van der Waals surface area contributed by atoms with Gasteiger partial charge in [-0.15, -0.1) is 0 Å². The maximum Gasteiger partial charge on any atom is 0.331 e. The highest BCUT2D eigenvalue weighted by Gasteiger charge is 2.24. The maximum absolute atomic E-state index is 12.2. The van der Waals surface area contributed by atoms with E-state index in [9.17, 15) is 14.4 Å². The van der Waals surface area contributed by atoms with Gasteiger partial charge in [-0.05, 0) is 85.1 Å². The van der Waals surface area contributed by atoms with Crippen LogP contribution in [0.2, 0.25) is 0 Å². The number of rotatable bonds is 11. The van der Waals surface area contributed by atoms with Gasteiger partial charge in [0.05, 0.1) is 13.7 Å². The number of carbonyl (C=O) groups excluding carboxylic acids is 3. The maximum atomic E-state index is 12.2. The molecule has 6 heteroatoms. The van der Waals surface area contributed by atoms with Crippen molar-refractivity contribution < 1.29 is 28.6 Å². The molecule has 0 amide bonds. The molecule has 1 saturated carbocycles. The summed E-state index contributed by atoms with van der Waals surface area (Å²) in [6.07, 6.45) is 9.91. The molecule has 1 fully saturated rings. The van der Waals surface area contributed by atoms with E-state index in [1.54, 1.807) is 26.2 Å². The third-order valence-corrected chi connectivity index (χ3v) is 6.35. The van der Waals surface area contributed by atoms with Gasteiger partial charge in [0.2, 0.25) is 0 Å². The fourth-order valence-corrected chi connectivity index (χ4v) is 4.15. The second kappa shape index (κ2) is 14.0. The quantitative estimate of drug-likeness (QED) is 0.274. The largest absolute Gasteiger partial charge is 0.497 e. The Morgan fingerprint density at radius 1 is 0.865 bits per heavy atom. The number of hydrogen-bond acceptors (Lipinski definition) is 6. The molecule has 0 N–H and O–H groups in total. The van der Waals surface area contributed by atoms with Crippen molar-refractivity contribution >= 4 is 29.9 Å². The second-order valence-electron chi connectivity index (χ2n) is 9.14. The molecular weight excluding hydrogens is 468 g/mol. The van der Waals surface area contributed by atoms with Crippen LogP contribution in [0.4, 0.5) is 0 Å². The van der Waals surface area contributed by atoms with Gasteiger partial charge < -0.3 is 14.2 Å². The molecule has 3 rings (SSSR count). The molecule has 0 bridgehead atoms. The van der Waals surface area contributed by atoms with Crippen LogP contribution in [0.3, 0.4) is 0 Å². The Kier molecular flexibility index (Phi) is 10.4. The van der Waals surface area contributed by atoms with Gasteiger partial charge in [-0.3, -0.25) is 4.79 Å². The minimum Gasteiger partial charge on any atom is -0.497 e. The smallest absolute Gasteiger partial charge is 0.331 e. The number of carbonyl (C=O) groups is 3. The number of Topliss-reactive ketones (excluding diaryl/α,β-unsaturated/α-hetero) is 1. The summed E-state index contributed by atoms with van der Waals surface area (Å²) in [4.78, 5) is 35.6. The van der Waals surface area contributed by atoms with E-state index >= 15 is 0 Å². The van der Waals surface area contributed by atoms with E-state index in [-0.39, 0.29) is 30.9 Å². The summed E-state index contributed by atoms with van der Waals surface area (Å²) in [6, 6.07) is 15.6. The Hall–Kier alpha value is -3.93. The van der Waals surface area contributed by atoms with E-state index in [2.05, 4.69) is 18.7 Å². The highest BCUT2D eigenvalue weighted by Crippen LogP contribution is 2.34. The number of allylic oxidation sites excluding steroid dienone is 1. The fraction of sp³-hybridized carbons (Fsp3) is 0.323. The van der Waals surface area contributed by atoms with E-state index in [0.29, 0.717) is 11.5 Å². The van der Waals surface area contributed by atoms with Crippen molar-refractivity contribution in [1.29, 1.82) is 0 Å².